The van der Waals surface area contributed by atoms with Crippen molar-refractivity contribution >= 4 is 0 Å². The van der Waals surface area contributed by atoms with E-state index in [0.29, 0.717) is 24.7 Å². The van der Waals surface area contributed by atoms with Crippen molar-refractivity contribution in [3.8, 4) is 23.2 Å². The lowest BCUT2D eigenvalue weighted by atomic mass is 10.1. The minimum atomic E-state index is -0.642. The lowest BCUT2D eigenvalue weighted by Gasteiger charge is -2.07. The Hall–Kier alpha value is -3.70. The number of hydrogen-bond acceptors (Lipinski definition) is 6. The molecule has 2 aromatic heterocycles. The highest BCUT2D eigenvalue weighted by molar-refractivity contribution is 5.59. The van der Waals surface area contributed by atoms with Crippen LogP contribution < -0.4 is 11.1 Å². The summed E-state index contributed by atoms with van der Waals surface area (Å²) in [7, 11) is 0. The van der Waals surface area contributed by atoms with E-state index in [-0.39, 0.29) is 0 Å². The van der Waals surface area contributed by atoms with Gasteiger partial charge in [-0.25, -0.2) is 4.98 Å². The van der Waals surface area contributed by atoms with Gasteiger partial charge in [-0.15, -0.1) is 0 Å². The summed E-state index contributed by atoms with van der Waals surface area (Å²) < 4.78 is 7.38. The van der Waals surface area contributed by atoms with Gasteiger partial charge >= 0.3 is 0 Å². The average molecular weight is 442 g/mol. The quantitative estimate of drug-likeness (QED) is 0.287. The van der Waals surface area contributed by atoms with Gasteiger partial charge in [0.15, 0.2) is 5.76 Å². The van der Waals surface area contributed by atoms with Crippen LogP contribution in [0.3, 0.4) is 0 Å². The van der Waals surface area contributed by atoms with E-state index in [4.69, 9.17) is 10.3 Å². The summed E-state index contributed by atoms with van der Waals surface area (Å²) in [5, 5.41) is 17.2. The van der Waals surface area contributed by atoms with E-state index in [0.717, 1.165) is 35.5 Å². The van der Waals surface area contributed by atoms with Crippen LogP contribution in [0.2, 0.25) is 0 Å². The Balaban J connectivity index is 1.39. The summed E-state index contributed by atoms with van der Waals surface area (Å²) >= 11 is 0. The third kappa shape index (κ3) is 5.96. The average Bonchev–Trinajstić information content (AvgIpc) is 3.49. The van der Waals surface area contributed by atoms with Crippen molar-refractivity contribution in [1.82, 2.24) is 20.0 Å². The molecule has 4 rings (SSSR count). The monoisotopic (exact) mass is 441 g/mol. The molecule has 2 aromatic carbocycles. The molecule has 2 heterocycles. The van der Waals surface area contributed by atoms with Gasteiger partial charge in [0.2, 0.25) is 0 Å². The Morgan fingerprint density at radius 1 is 1.09 bits per heavy atom. The maximum Gasteiger partial charge on any atom is 0.167 e. The molecule has 0 bridgehead atoms. The largest absolute Gasteiger partial charge is 0.385 e. The van der Waals surface area contributed by atoms with Crippen LogP contribution in [0, 0.1) is 11.8 Å². The van der Waals surface area contributed by atoms with Crippen LogP contribution in [0.4, 0.5) is 0 Å². The second-order valence-electron chi connectivity index (χ2n) is 7.76. The van der Waals surface area contributed by atoms with Crippen LogP contribution >= 0.6 is 0 Å². The van der Waals surface area contributed by atoms with Crippen LogP contribution in [-0.4, -0.2) is 32.9 Å². The fourth-order valence-electron chi connectivity index (χ4n) is 3.42. The van der Waals surface area contributed by atoms with Crippen LogP contribution in [0.5, 0.6) is 0 Å². The van der Waals surface area contributed by atoms with Crippen molar-refractivity contribution in [2.75, 3.05) is 13.1 Å². The zero-order valence-electron chi connectivity index (χ0n) is 18.5. The second kappa shape index (κ2) is 10.7. The summed E-state index contributed by atoms with van der Waals surface area (Å²) in [6, 6.07) is 18.0. The number of hydrogen-bond donors (Lipinski definition) is 3. The number of nitrogens with zero attached hydrogens (tertiary/aromatic N) is 3. The van der Waals surface area contributed by atoms with Gasteiger partial charge in [0.25, 0.3) is 0 Å². The number of aromatic nitrogens is 3. The van der Waals surface area contributed by atoms with Crippen molar-refractivity contribution in [1.29, 1.82) is 0 Å². The molecule has 0 radical (unpaired) electrons. The van der Waals surface area contributed by atoms with Gasteiger partial charge in [0, 0.05) is 54.8 Å². The van der Waals surface area contributed by atoms with Gasteiger partial charge < -0.3 is 25.2 Å². The van der Waals surface area contributed by atoms with E-state index < -0.39 is 6.10 Å². The van der Waals surface area contributed by atoms with Crippen LogP contribution in [-0.2, 0) is 13.1 Å². The van der Waals surface area contributed by atoms with E-state index >= 15 is 0 Å². The molecular weight excluding hydrogens is 414 g/mol. The second-order valence-corrected chi connectivity index (χ2v) is 7.76. The van der Waals surface area contributed by atoms with Crippen molar-refractivity contribution in [2.45, 2.75) is 26.1 Å². The summed E-state index contributed by atoms with van der Waals surface area (Å²) in [6.07, 6.45) is 2.84. The number of aliphatic hydroxyl groups excluding tert-OH is 1. The molecule has 0 saturated heterocycles. The molecule has 0 saturated carbocycles. The molecule has 168 valence electrons. The zero-order chi connectivity index (χ0) is 23.0. The van der Waals surface area contributed by atoms with Gasteiger partial charge in [-0.3, -0.25) is 0 Å². The first-order chi connectivity index (χ1) is 16.1. The first-order valence-electron chi connectivity index (χ1n) is 10.9. The normalized spacial score (nSPS) is 11.7. The zero-order valence-corrected chi connectivity index (χ0v) is 18.5. The van der Waals surface area contributed by atoms with Crippen LogP contribution in [0.15, 0.2) is 71.5 Å². The third-order valence-corrected chi connectivity index (χ3v) is 5.14. The van der Waals surface area contributed by atoms with Crippen molar-refractivity contribution in [3.05, 3.63) is 95.2 Å². The fourth-order valence-corrected chi connectivity index (χ4v) is 3.42. The minimum absolute atomic E-state index is 0.481. The molecular formula is C26H27N5O2. The smallest absolute Gasteiger partial charge is 0.167 e. The number of benzene rings is 2. The van der Waals surface area contributed by atoms with Gasteiger partial charge in [0.1, 0.15) is 17.6 Å². The fraction of sp³-hybridized carbons (Fsp3) is 0.231. The number of nitrogens with two attached hydrogens (primary N) is 1. The van der Waals surface area contributed by atoms with Crippen molar-refractivity contribution in [2.24, 2.45) is 5.73 Å². The van der Waals surface area contributed by atoms with E-state index in [2.05, 4.69) is 39.4 Å². The summed E-state index contributed by atoms with van der Waals surface area (Å²) in [4.78, 5) is 4.18. The molecule has 0 aliphatic heterocycles. The number of nitrogens with one attached hydrogen (secondary N) is 1. The highest BCUT2D eigenvalue weighted by atomic mass is 16.5. The number of rotatable bonds is 8. The van der Waals surface area contributed by atoms with E-state index in [1.54, 1.807) is 13.1 Å². The van der Waals surface area contributed by atoms with Crippen molar-refractivity contribution in [3.63, 3.8) is 0 Å². The third-order valence-electron chi connectivity index (χ3n) is 5.14. The summed E-state index contributed by atoms with van der Waals surface area (Å²) in [6.45, 7) is 4.42. The molecule has 7 heteroatoms. The maximum absolute atomic E-state index is 9.80. The van der Waals surface area contributed by atoms with E-state index in [9.17, 15) is 5.11 Å². The van der Waals surface area contributed by atoms with E-state index in [1.165, 1.54) is 5.56 Å². The molecule has 0 aliphatic carbocycles. The van der Waals surface area contributed by atoms with Crippen LogP contribution in [0.25, 0.3) is 11.3 Å². The predicted octanol–water partition coefficient (Wildman–Crippen LogP) is 3.09. The standard InChI is InChI=1S/C26H27N5O2/c1-19(32)26-29-14-15-31(26)18-24-16-25(33-30-24)23-10-8-21(9-11-23)3-2-20-4-6-22(7-5-20)17-28-13-12-27/h4-11,14-16,19,28,32H,12-13,17-18,27H2,1H3. The van der Waals surface area contributed by atoms with Gasteiger partial charge in [0.05, 0.1) is 6.54 Å². The molecule has 0 amide bonds. The van der Waals surface area contributed by atoms with Gasteiger partial charge in [-0.1, -0.05) is 29.1 Å². The lowest BCUT2D eigenvalue weighted by molar-refractivity contribution is 0.184. The Kier molecular flexibility index (Phi) is 7.33. The lowest BCUT2D eigenvalue weighted by Crippen LogP contribution is -2.21. The summed E-state index contributed by atoms with van der Waals surface area (Å²) in [5.74, 6) is 7.68. The maximum atomic E-state index is 9.80. The van der Waals surface area contributed by atoms with Gasteiger partial charge in [-0.05, 0) is 48.9 Å². The molecule has 4 aromatic rings. The van der Waals surface area contributed by atoms with Crippen molar-refractivity contribution < 1.29 is 9.63 Å². The number of aliphatic hydroxyl groups is 1. The first kappa shape index (κ1) is 22.5. The van der Waals surface area contributed by atoms with Crippen LogP contribution in [0.1, 0.15) is 41.2 Å². The molecule has 1 unspecified atom stereocenters. The highest BCUT2D eigenvalue weighted by Gasteiger charge is 2.12. The Bertz CT molecular complexity index is 1230. The topological polar surface area (TPSA) is 102 Å². The molecule has 33 heavy (non-hydrogen) atoms. The Morgan fingerprint density at radius 2 is 1.79 bits per heavy atom. The number of imidazole rings is 1. The Morgan fingerprint density at radius 3 is 2.45 bits per heavy atom. The van der Waals surface area contributed by atoms with Gasteiger partial charge in [-0.2, -0.15) is 0 Å². The van der Waals surface area contributed by atoms with E-state index in [1.807, 2.05) is 53.2 Å². The first-order valence-corrected chi connectivity index (χ1v) is 10.9. The molecule has 0 aliphatic rings. The predicted molar refractivity (Wildman–Crippen MR) is 127 cm³/mol. The highest BCUT2D eigenvalue weighted by Crippen LogP contribution is 2.22. The molecule has 4 N–H and O–H groups in total. The molecule has 1 atom stereocenters. The molecule has 0 spiro atoms. The minimum Gasteiger partial charge on any atom is -0.385 e. The Labute approximate surface area is 193 Å². The summed E-state index contributed by atoms with van der Waals surface area (Å²) in [5.41, 5.74) is 10.3. The SMILES string of the molecule is CC(O)c1nccn1Cc1cc(-c2ccc(C#Cc3ccc(CNCCN)cc3)cc2)on1. The molecule has 0 fully saturated rings. The molecule has 7 nitrogen and oxygen atoms in total.